The van der Waals surface area contributed by atoms with Crippen LogP contribution in [-0.2, 0) is 10.0 Å². The zero-order valence-electron chi connectivity index (χ0n) is 10.1. The van der Waals surface area contributed by atoms with Crippen molar-refractivity contribution < 1.29 is 8.42 Å². The van der Waals surface area contributed by atoms with Gasteiger partial charge >= 0.3 is 0 Å². The summed E-state index contributed by atoms with van der Waals surface area (Å²) in [6.45, 7) is 0. The van der Waals surface area contributed by atoms with Gasteiger partial charge in [0.2, 0.25) is 5.95 Å². The number of pyridine rings is 1. The minimum atomic E-state index is -3.72. The molecule has 0 aliphatic rings. The van der Waals surface area contributed by atoms with Crippen molar-refractivity contribution in [3.63, 3.8) is 0 Å². The molecular formula is C10H12N6O2S. The first-order valence-electron chi connectivity index (χ1n) is 5.23. The normalized spacial score (nSPS) is 11.1. The predicted molar refractivity (Wildman–Crippen MR) is 69.7 cm³/mol. The molecule has 0 amide bonds. The second-order valence-electron chi connectivity index (χ2n) is 3.57. The van der Waals surface area contributed by atoms with Gasteiger partial charge in [0.15, 0.2) is 0 Å². The van der Waals surface area contributed by atoms with E-state index in [4.69, 9.17) is 5.84 Å². The highest BCUT2D eigenvalue weighted by Gasteiger charge is 2.22. The maximum absolute atomic E-state index is 12.3. The lowest BCUT2D eigenvalue weighted by Crippen LogP contribution is -2.27. The maximum Gasteiger partial charge on any atom is 0.267 e. The Morgan fingerprint density at radius 3 is 2.47 bits per heavy atom. The third kappa shape index (κ3) is 2.61. The van der Waals surface area contributed by atoms with Crippen LogP contribution >= 0.6 is 0 Å². The summed E-state index contributed by atoms with van der Waals surface area (Å²) in [5.74, 6) is 5.26. The molecule has 0 aromatic carbocycles. The van der Waals surface area contributed by atoms with Crippen LogP contribution in [0.2, 0.25) is 0 Å². The molecule has 100 valence electrons. The molecule has 0 unspecified atom stereocenters. The monoisotopic (exact) mass is 280 g/mol. The molecule has 2 rings (SSSR count). The standard InChI is InChI=1S/C10H12N6O2S/c1-16(8-3-2-4-12-5-8)19(17,18)9-6-13-10(15-11)14-7-9/h2-7H,11H2,1H3,(H,13,14,15). The van der Waals surface area contributed by atoms with Crippen molar-refractivity contribution >= 4 is 21.7 Å². The second kappa shape index (κ2) is 5.16. The summed E-state index contributed by atoms with van der Waals surface area (Å²) in [6, 6.07) is 3.29. The highest BCUT2D eigenvalue weighted by molar-refractivity contribution is 7.92. The molecule has 0 radical (unpaired) electrons. The van der Waals surface area contributed by atoms with E-state index in [9.17, 15) is 8.42 Å². The van der Waals surface area contributed by atoms with Crippen molar-refractivity contribution in [1.82, 2.24) is 15.0 Å². The van der Waals surface area contributed by atoms with Crippen molar-refractivity contribution in [1.29, 1.82) is 0 Å². The molecule has 3 N–H and O–H groups in total. The van der Waals surface area contributed by atoms with E-state index in [1.807, 2.05) is 0 Å². The van der Waals surface area contributed by atoms with Crippen LogP contribution in [0.3, 0.4) is 0 Å². The van der Waals surface area contributed by atoms with Crippen LogP contribution in [0.4, 0.5) is 11.6 Å². The number of nitrogens with zero attached hydrogens (tertiary/aromatic N) is 4. The van der Waals surface area contributed by atoms with Crippen LogP contribution in [0.1, 0.15) is 0 Å². The molecule has 2 aromatic rings. The molecule has 0 saturated carbocycles. The smallest absolute Gasteiger partial charge is 0.267 e. The Hall–Kier alpha value is -2.26. The first kappa shape index (κ1) is 13.2. The van der Waals surface area contributed by atoms with Crippen molar-refractivity contribution in [3.05, 3.63) is 36.9 Å². The Bertz CT molecular complexity index is 643. The largest absolute Gasteiger partial charge is 0.292 e. The third-order valence-electron chi connectivity index (χ3n) is 2.43. The van der Waals surface area contributed by atoms with Crippen LogP contribution < -0.4 is 15.6 Å². The number of hydrazine groups is 1. The average Bonchev–Trinajstić information content (AvgIpc) is 2.47. The number of sulfonamides is 1. The maximum atomic E-state index is 12.3. The van der Waals surface area contributed by atoms with Gasteiger partial charge in [0.25, 0.3) is 10.0 Å². The van der Waals surface area contributed by atoms with E-state index in [-0.39, 0.29) is 10.8 Å². The predicted octanol–water partition coefficient (Wildman–Crippen LogP) is -0.0177. The molecule has 0 spiro atoms. The lowest BCUT2D eigenvalue weighted by molar-refractivity contribution is 0.593. The van der Waals surface area contributed by atoms with Gasteiger partial charge in [0.1, 0.15) is 4.90 Å². The van der Waals surface area contributed by atoms with Crippen molar-refractivity contribution in [2.45, 2.75) is 4.90 Å². The molecule has 8 nitrogen and oxygen atoms in total. The fourth-order valence-corrected chi connectivity index (χ4v) is 2.43. The first-order chi connectivity index (χ1) is 9.05. The van der Waals surface area contributed by atoms with Crippen LogP contribution in [0.25, 0.3) is 0 Å². The quantitative estimate of drug-likeness (QED) is 0.597. The minimum Gasteiger partial charge on any atom is -0.292 e. The van der Waals surface area contributed by atoms with Gasteiger partial charge in [-0.05, 0) is 12.1 Å². The molecule has 2 aromatic heterocycles. The molecular weight excluding hydrogens is 268 g/mol. The Labute approximate surface area is 110 Å². The van der Waals surface area contributed by atoms with Gasteiger partial charge in [-0.3, -0.25) is 14.7 Å². The molecule has 0 aliphatic heterocycles. The average molecular weight is 280 g/mol. The minimum absolute atomic E-state index is 0.0298. The van der Waals surface area contributed by atoms with Crippen molar-refractivity contribution in [2.24, 2.45) is 5.84 Å². The lowest BCUT2D eigenvalue weighted by Gasteiger charge is -2.18. The van der Waals surface area contributed by atoms with Gasteiger partial charge < -0.3 is 0 Å². The topological polar surface area (TPSA) is 114 Å². The van der Waals surface area contributed by atoms with Crippen LogP contribution in [-0.4, -0.2) is 30.4 Å². The van der Waals surface area contributed by atoms with Crippen molar-refractivity contribution in [3.8, 4) is 0 Å². The van der Waals surface area contributed by atoms with E-state index in [1.54, 1.807) is 18.3 Å². The molecule has 0 saturated heterocycles. The molecule has 2 heterocycles. The third-order valence-corrected chi connectivity index (χ3v) is 4.16. The molecule has 19 heavy (non-hydrogen) atoms. The fourth-order valence-electron chi connectivity index (χ4n) is 1.36. The molecule has 0 bridgehead atoms. The fraction of sp³-hybridized carbons (Fsp3) is 0.100. The SMILES string of the molecule is CN(c1cccnc1)S(=O)(=O)c1cnc(NN)nc1. The number of anilines is 2. The Morgan fingerprint density at radius 1 is 1.26 bits per heavy atom. The summed E-state index contributed by atoms with van der Waals surface area (Å²) in [6.07, 6.45) is 5.39. The van der Waals surface area contributed by atoms with E-state index in [1.165, 1.54) is 25.6 Å². The summed E-state index contributed by atoms with van der Waals surface area (Å²) in [4.78, 5) is 11.4. The molecule has 0 atom stereocenters. The summed E-state index contributed by atoms with van der Waals surface area (Å²) < 4.78 is 25.7. The molecule has 9 heteroatoms. The number of nitrogens with one attached hydrogen (secondary N) is 1. The zero-order chi connectivity index (χ0) is 13.9. The number of hydrogen-bond acceptors (Lipinski definition) is 7. The van der Waals surface area contributed by atoms with Crippen LogP contribution in [0.15, 0.2) is 41.8 Å². The van der Waals surface area contributed by atoms with E-state index < -0.39 is 10.0 Å². The summed E-state index contributed by atoms with van der Waals surface area (Å²) in [5.41, 5.74) is 2.67. The zero-order valence-corrected chi connectivity index (χ0v) is 10.9. The Morgan fingerprint density at radius 2 is 1.95 bits per heavy atom. The van der Waals surface area contributed by atoms with Crippen molar-refractivity contribution in [2.75, 3.05) is 16.8 Å². The van der Waals surface area contributed by atoms with Gasteiger partial charge in [-0.1, -0.05) is 0 Å². The van der Waals surface area contributed by atoms with E-state index >= 15 is 0 Å². The van der Waals surface area contributed by atoms with Gasteiger partial charge in [-0.25, -0.2) is 24.2 Å². The van der Waals surface area contributed by atoms with Crippen LogP contribution in [0.5, 0.6) is 0 Å². The number of hydrogen-bond donors (Lipinski definition) is 2. The van der Waals surface area contributed by atoms with Crippen LogP contribution in [0, 0.1) is 0 Å². The second-order valence-corrected chi connectivity index (χ2v) is 5.54. The summed E-state index contributed by atoms with van der Waals surface area (Å²) in [5, 5.41) is 0. The first-order valence-corrected chi connectivity index (χ1v) is 6.67. The van der Waals surface area contributed by atoms with Gasteiger partial charge in [0.05, 0.1) is 24.3 Å². The van der Waals surface area contributed by atoms with E-state index in [2.05, 4.69) is 20.4 Å². The highest BCUT2D eigenvalue weighted by atomic mass is 32.2. The number of nitrogen functional groups attached to an aromatic ring is 1. The number of nitrogens with two attached hydrogens (primary N) is 1. The van der Waals surface area contributed by atoms with E-state index in [0.29, 0.717) is 5.69 Å². The Kier molecular flexibility index (Phi) is 3.58. The summed E-state index contributed by atoms with van der Waals surface area (Å²) in [7, 11) is -2.29. The Balaban J connectivity index is 2.36. The number of rotatable bonds is 4. The number of aromatic nitrogens is 3. The van der Waals surface area contributed by atoms with Gasteiger partial charge in [-0.15, -0.1) is 0 Å². The van der Waals surface area contributed by atoms with E-state index in [0.717, 1.165) is 4.31 Å². The summed E-state index contributed by atoms with van der Waals surface area (Å²) >= 11 is 0. The molecule has 0 aliphatic carbocycles. The molecule has 0 fully saturated rings. The lowest BCUT2D eigenvalue weighted by atomic mass is 10.4. The van der Waals surface area contributed by atoms with Gasteiger partial charge in [-0.2, -0.15) is 0 Å². The van der Waals surface area contributed by atoms with Gasteiger partial charge in [0, 0.05) is 13.2 Å². The highest BCUT2D eigenvalue weighted by Crippen LogP contribution is 2.19.